The Bertz CT molecular complexity index is 213. The molecule has 0 heterocycles. The van der Waals surface area contributed by atoms with Crippen LogP contribution in [0.5, 0.6) is 0 Å². The largest absolute Gasteiger partial charge is 0.460 e. The number of alkyl halides is 1. The summed E-state index contributed by atoms with van der Waals surface area (Å²) in [7, 11) is 0. The van der Waals surface area contributed by atoms with Gasteiger partial charge in [0, 0.05) is 0 Å². The van der Waals surface area contributed by atoms with E-state index in [9.17, 15) is 9.59 Å². The number of carbonyl (C=O) groups excluding carboxylic acids is 2. The molecule has 0 aromatic heterocycles. The van der Waals surface area contributed by atoms with Gasteiger partial charge in [0.05, 0.1) is 0 Å². The Morgan fingerprint density at radius 3 is 1.79 bits per heavy atom. The molecule has 0 aromatic rings. The van der Waals surface area contributed by atoms with Gasteiger partial charge in [0.1, 0.15) is 13.2 Å². The van der Waals surface area contributed by atoms with Crippen LogP contribution in [-0.2, 0) is 19.1 Å². The van der Waals surface area contributed by atoms with Gasteiger partial charge in [0.15, 0.2) is 0 Å². The fraction of sp³-hybridized carbons (Fsp3) is 0.333. The number of esters is 2. The maximum atomic E-state index is 11.0. The maximum Gasteiger partial charge on any atom is 0.336 e. The van der Waals surface area contributed by atoms with Crippen molar-refractivity contribution >= 4 is 23.5 Å². The maximum absolute atomic E-state index is 11.0. The van der Waals surface area contributed by atoms with Gasteiger partial charge in [-0.15, -0.1) is 0 Å². The summed E-state index contributed by atoms with van der Waals surface area (Å²) in [6, 6.07) is 0. The summed E-state index contributed by atoms with van der Waals surface area (Å²) in [4.78, 5) is 22.0. The van der Waals surface area contributed by atoms with Gasteiger partial charge in [-0.25, -0.2) is 9.59 Å². The second-order valence-electron chi connectivity index (χ2n) is 2.20. The molecule has 5 heteroatoms. The van der Waals surface area contributed by atoms with Crippen molar-refractivity contribution in [2.75, 3.05) is 13.2 Å². The molecule has 0 atom stereocenters. The number of rotatable bonds is 6. The zero-order valence-corrected chi connectivity index (χ0v) is 8.33. The van der Waals surface area contributed by atoms with Crippen LogP contribution in [-0.4, -0.2) is 30.5 Å². The number of carbonyl (C=O) groups is 2. The zero-order chi connectivity index (χ0) is 11.0. The molecule has 0 radical (unpaired) electrons. The van der Waals surface area contributed by atoms with E-state index in [0.717, 1.165) is 0 Å². The summed E-state index contributed by atoms with van der Waals surface area (Å²) in [6.07, 6.45) is 2.74. The summed E-state index contributed by atoms with van der Waals surface area (Å²) in [5, 5.41) is -1.44. The van der Waals surface area contributed by atoms with Crippen molar-refractivity contribution in [3.63, 3.8) is 0 Å². The van der Waals surface area contributed by atoms with Gasteiger partial charge in [-0.3, -0.25) is 0 Å². The van der Waals surface area contributed by atoms with Crippen molar-refractivity contribution < 1.29 is 19.1 Å². The molecule has 0 aromatic carbocycles. The van der Waals surface area contributed by atoms with Gasteiger partial charge in [0.25, 0.3) is 0 Å². The van der Waals surface area contributed by atoms with E-state index in [1.165, 1.54) is 12.2 Å². The SMILES string of the molecule is C=CCOC(=O)C(Cl)C(=O)OCC=C. The van der Waals surface area contributed by atoms with Crippen molar-refractivity contribution in [1.29, 1.82) is 0 Å². The molecule has 0 aliphatic rings. The Balaban J connectivity index is 3.96. The highest BCUT2D eigenvalue weighted by atomic mass is 35.5. The topological polar surface area (TPSA) is 52.6 Å². The number of ether oxygens (including phenoxy) is 2. The fourth-order valence-electron chi connectivity index (χ4n) is 0.525. The van der Waals surface area contributed by atoms with Gasteiger partial charge >= 0.3 is 11.9 Å². The van der Waals surface area contributed by atoms with Gasteiger partial charge in [-0.05, 0) is 0 Å². The molecule has 0 rings (SSSR count). The van der Waals surface area contributed by atoms with E-state index in [4.69, 9.17) is 11.6 Å². The number of hydrogen-bond donors (Lipinski definition) is 0. The highest BCUT2D eigenvalue weighted by molar-refractivity contribution is 6.39. The lowest BCUT2D eigenvalue weighted by Gasteiger charge is -2.07. The van der Waals surface area contributed by atoms with Crippen LogP contribution in [0.2, 0.25) is 0 Å². The quantitative estimate of drug-likeness (QED) is 0.290. The van der Waals surface area contributed by atoms with Crippen molar-refractivity contribution in [2.45, 2.75) is 5.38 Å². The van der Waals surface area contributed by atoms with E-state index in [-0.39, 0.29) is 13.2 Å². The molecule has 0 fully saturated rings. The molecular weight excluding hydrogens is 208 g/mol. The van der Waals surface area contributed by atoms with Crippen LogP contribution >= 0.6 is 11.6 Å². The Kier molecular flexibility index (Phi) is 6.49. The molecule has 0 saturated carbocycles. The second kappa shape index (κ2) is 7.15. The van der Waals surface area contributed by atoms with Gasteiger partial charge in [0.2, 0.25) is 5.38 Å². The Morgan fingerprint density at radius 1 is 1.14 bits per heavy atom. The zero-order valence-electron chi connectivity index (χ0n) is 7.57. The summed E-state index contributed by atoms with van der Waals surface area (Å²) >= 11 is 5.44. The van der Waals surface area contributed by atoms with E-state index in [0.29, 0.717) is 0 Å². The molecule has 0 aliphatic heterocycles. The molecule has 0 N–H and O–H groups in total. The molecule has 0 bridgehead atoms. The summed E-state index contributed by atoms with van der Waals surface area (Å²) in [6.45, 7) is 6.69. The molecule has 0 spiro atoms. The molecule has 0 amide bonds. The van der Waals surface area contributed by atoms with E-state index < -0.39 is 17.3 Å². The van der Waals surface area contributed by atoms with E-state index >= 15 is 0 Å². The average Bonchev–Trinajstić information content (AvgIpc) is 2.21. The molecule has 0 aliphatic carbocycles. The number of halogens is 1. The van der Waals surface area contributed by atoms with Crippen LogP contribution in [0.3, 0.4) is 0 Å². The highest BCUT2D eigenvalue weighted by Crippen LogP contribution is 2.02. The predicted octanol–water partition coefficient (Wildman–Crippen LogP) is 1.05. The smallest absolute Gasteiger partial charge is 0.336 e. The Morgan fingerprint density at radius 2 is 1.50 bits per heavy atom. The molecule has 14 heavy (non-hydrogen) atoms. The molecular formula is C9H11ClO4. The lowest BCUT2D eigenvalue weighted by molar-refractivity contribution is -0.152. The van der Waals surface area contributed by atoms with Gasteiger partial charge in [-0.2, -0.15) is 0 Å². The summed E-state index contributed by atoms with van der Waals surface area (Å²) in [5.41, 5.74) is 0. The third-order valence-corrected chi connectivity index (χ3v) is 1.46. The van der Waals surface area contributed by atoms with Gasteiger partial charge in [-0.1, -0.05) is 36.9 Å². The average molecular weight is 219 g/mol. The highest BCUT2D eigenvalue weighted by Gasteiger charge is 2.26. The van der Waals surface area contributed by atoms with Crippen LogP contribution in [0.15, 0.2) is 25.3 Å². The lowest BCUT2D eigenvalue weighted by Crippen LogP contribution is -2.28. The normalized spacial score (nSPS) is 9.29. The minimum absolute atomic E-state index is 0.0107. The number of hydrogen-bond acceptors (Lipinski definition) is 4. The van der Waals surface area contributed by atoms with Crippen molar-refractivity contribution in [2.24, 2.45) is 0 Å². The molecule has 4 nitrogen and oxygen atoms in total. The second-order valence-corrected chi connectivity index (χ2v) is 2.64. The van der Waals surface area contributed by atoms with Gasteiger partial charge < -0.3 is 9.47 Å². The van der Waals surface area contributed by atoms with Crippen molar-refractivity contribution in [1.82, 2.24) is 0 Å². The third-order valence-electron chi connectivity index (χ3n) is 1.10. The Labute approximate surface area is 87.1 Å². The Hall–Kier alpha value is -1.29. The van der Waals surface area contributed by atoms with E-state index in [1.54, 1.807) is 0 Å². The van der Waals surface area contributed by atoms with Crippen LogP contribution in [0.25, 0.3) is 0 Å². The van der Waals surface area contributed by atoms with Crippen molar-refractivity contribution in [3.05, 3.63) is 25.3 Å². The first-order valence-electron chi connectivity index (χ1n) is 3.82. The minimum Gasteiger partial charge on any atom is -0.460 e. The third kappa shape index (κ3) is 4.67. The van der Waals surface area contributed by atoms with Crippen molar-refractivity contribution in [3.8, 4) is 0 Å². The van der Waals surface area contributed by atoms with Crippen LogP contribution in [0, 0.1) is 0 Å². The first-order valence-corrected chi connectivity index (χ1v) is 4.26. The standard InChI is InChI=1S/C9H11ClO4/c1-3-5-13-8(11)7(10)9(12)14-6-4-2/h3-4,7H,1-2,5-6H2. The predicted molar refractivity (Wildman–Crippen MR) is 52.0 cm³/mol. The van der Waals surface area contributed by atoms with Crippen LogP contribution < -0.4 is 0 Å². The molecule has 0 unspecified atom stereocenters. The summed E-state index contributed by atoms with van der Waals surface area (Å²) < 4.78 is 9.08. The molecule has 78 valence electrons. The van der Waals surface area contributed by atoms with E-state index in [1.807, 2.05) is 0 Å². The van der Waals surface area contributed by atoms with Crippen LogP contribution in [0.4, 0.5) is 0 Å². The fourth-order valence-corrected chi connectivity index (χ4v) is 0.651. The van der Waals surface area contributed by atoms with E-state index in [2.05, 4.69) is 22.6 Å². The first kappa shape index (κ1) is 12.7. The monoisotopic (exact) mass is 218 g/mol. The lowest BCUT2D eigenvalue weighted by atomic mass is 10.4. The minimum atomic E-state index is -1.44. The summed E-state index contributed by atoms with van der Waals surface area (Å²) in [5.74, 6) is -1.69. The van der Waals surface area contributed by atoms with Crippen LogP contribution in [0.1, 0.15) is 0 Å². The first-order chi connectivity index (χ1) is 6.63. The molecule has 0 saturated heterocycles.